The van der Waals surface area contributed by atoms with Crippen molar-refractivity contribution in [2.24, 2.45) is 5.10 Å². The third-order valence-corrected chi connectivity index (χ3v) is 4.90. The highest BCUT2D eigenvalue weighted by atomic mass is 35.5. The molecule has 0 aromatic heterocycles. The second kappa shape index (κ2) is 11.4. The number of halogens is 2. The van der Waals surface area contributed by atoms with Crippen molar-refractivity contribution in [1.29, 1.82) is 0 Å². The van der Waals surface area contributed by atoms with Crippen LogP contribution in [-0.2, 0) is 0 Å². The molecular weight excluding hydrogens is 467 g/mol. The van der Waals surface area contributed by atoms with Crippen molar-refractivity contribution < 1.29 is 23.8 Å². The van der Waals surface area contributed by atoms with E-state index < -0.39 is 11.9 Å². The van der Waals surface area contributed by atoms with Gasteiger partial charge in [0.1, 0.15) is 5.75 Å². The smallest absolute Gasteiger partial charge is 0.343 e. The fourth-order valence-electron chi connectivity index (χ4n) is 2.74. The quantitative estimate of drug-likeness (QED) is 0.200. The first-order chi connectivity index (χ1) is 15.9. The van der Waals surface area contributed by atoms with E-state index in [9.17, 15) is 9.59 Å². The number of nitrogens with zero attached hydrogens (tertiary/aromatic N) is 1. The van der Waals surface area contributed by atoms with Gasteiger partial charge in [-0.25, -0.2) is 10.2 Å². The molecule has 0 heterocycles. The van der Waals surface area contributed by atoms with Crippen LogP contribution in [-0.4, -0.2) is 31.8 Å². The summed E-state index contributed by atoms with van der Waals surface area (Å²) in [6, 6.07) is 16.0. The van der Waals surface area contributed by atoms with E-state index in [1.165, 1.54) is 18.3 Å². The van der Waals surface area contributed by atoms with E-state index in [-0.39, 0.29) is 16.3 Å². The minimum absolute atomic E-state index is 0.219. The first-order valence-electron chi connectivity index (χ1n) is 9.82. The van der Waals surface area contributed by atoms with Crippen LogP contribution in [0.3, 0.4) is 0 Å². The molecule has 170 valence electrons. The van der Waals surface area contributed by atoms with Gasteiger partial charge in [-0.3, -0.25) is 4.79 Å². The number of ether oxygens (including phenoxy) is 3. The summed E-state index contributed by atoms with van der Waals surface area (Å²) in [7, 11) is 1.55. The van der Waals surface area contributed by atoms with Crippen molar-refractivity contribution in [2.75, 3.05) is 13.7 Å². The number of hydrogen-bond donors (Lipinski definition) is 1. The van der Waals surface area contributed by atoms with Crippen molar-refractivity contribution in [3.8, 4) is 17.2 Å². The Bertz CT molecular complexity index is 1180. The fourth-order valence-corrected chi connectivity index (χ4v) is 3.24. The summed E-state index contributed by atoms with van der Waals surface area (Å²) >= 11 is 11.9. The topological polar surface area (TPSA) is 86.2 Å². The number of carbonyl (C=O) groups is 2. The molecular formula is C24H20Cl2N2O5. The van der Waals surface area contributed by atoms with Gasteiger partial charge in [0.05, 0.1) is 36.1 Å². The van der Waals surface area contributed by atoms with Gasteiger partial charge in [0.25, 0.3) is 5.91 Å². The third-order valence-electron chi connectivity index (χ3n) is 4.35. The van der Waals surface area contributed by atoms with Gasteiger partial charge in [0.15, 0.2) is 11.5 Å². The number of nitrogens with one attached hydrogen (secondary N) is 1. The number of benzene rings is 3. The van der Waals surface area contributed by atoms with Crippen LogP contribution in [0.1, 0.15) is 33.2 Å². The Hall–Kier alpha value is -3.55. The summed E-state index contributed by atoms with van der Waals surface area (Å²) < 4.78 is 16.2. The number of hydrazone groups is 1. The zero-order valence-corrected chi connectivity index (χ0v) is 19.3. The molecule has 0 aliphatic rings. The van der Waals surface area contributed by atoms with E-state index in [1.54, 1.807) is 55.6 Å². The van der Waals surface area contributed by atoms with Crippen LogP contribution in [0.15, 0.2) is 65.8 Å². The lowest BCUT2D eigenvalue weighted by molar-refractivity contribution is 0.0728. The normalized spacial score (nSPS) is 10.7. The van der Waals surface area contributed by atoms with Gasteiger partial charge in [-0.15, -0.1) is 0 Å². The van der Waals surface area contributed by atoms with Crippen LogP contribution in [0.5, 0.6) is 17.2 Å². The lowest BCUT2D eigenvalue weighted by Crippen LogP contribution is -2.18. The van der Waals surface area contributed by atoms with E-state index in [2.05, 4.69) is 10.5 Å². The minimum Gasteiger partial charge on any atom is -0.497 e. The highest BCUT2D eigenvalue weighted by Gasteiger charge is 2.14. The molecule has 7 nitrogen and oxygen atoms in total. The Labute approximate surface area is 200 Å². The molecule has 0 aliphatic heterocycles. The first kappa shape index (κ1) is 24.1. The standard InChI is InChI=1S/C24H20Cl2N2O5/c1-3-32-22-12-15(14-27-28-23(29)19-10-7-17(25)13-20(19)26)4-11-21(22)33-24(30)16-5-8-18(31-2)9-6-16/h4-14H,3H2,1-2H3,(H,28,29)/b27-14+. The monoisotopic (exact) mass is 486 g/mol. The van der Waals surface area contributed by atoms with Crippen LogP contribution in [0, 0.1) is 0 Å². The van der Waals surface area contributed by atoms with Gasteiger partial charge in [-0.1, -0.05) is 23.2 Å². The van der Waals surface area contributed by atoms with Crippen LogP contribution >= 0.6 is 23.2 Å². The molecule has 0 unspecified atom stereocenters. The SMILES string of the molecule is CCOc1cc(/C=N/NC(=O)c2ccc(Cl)cc2Cl)ccc1OC(=O)c1ccc(OC)cc1. The molecule has 0 bridgehead atoms. The molecule has 9 heteroatoms. The van der Waals surface area contributed by atoms with Gasteiger partial charge in [-0.05, 0) is 73.2 Å². The molecule has 1 N–H and O–H groups in total. The Morgan fingerprint density at radius 3 is 2.42 bits per heavy atom. The third kappa shape index (κ3) is 6.47. The van der Waals surface area contributed by atoms with E-state index in [0.29, 0.717) is 34.3 Å². The molecule has 33 heavy (non-hydrogen) atoms. The molecule has 0 saturated carbocycles. The van der Waals surface area contributed by atoms with Gasteiger partial charge >= 0.3 is 5.97 Å². The lowest BCUT2D eigenvalue weighted by Gasteiger charge is -2.11. The molecule has 0 radical (unpaired) electrons. The summed E-state index contributed by atoms with van der Waals surface area (Å²) in [6.45, 7) is 2.17. The molecule has 3 aromatic rings. The second-order valence-electron chi connectivity index (χ2n) is 6.58. The molecule has 0 saturated heterocycles. The molecule has 0 aliphatic carbocycles. The van der Waals surface area contributed by atoms with Crippen LogP contribution in [0.4, 0.5) is 0 Å². The summed E-state index contributed by atoms with van der Waals surface area (Å²) in [5.74, 6) is 0.230. The number of methoxy groups -OCH3 is 1. The number of esters is 1. The van der Waals surface area contributed by atoms with Crippen LogP contribution in [0.2, 0.25) is 10.0 Å². The van der Waals surface area contributed by atoms with E-state index in [0.717, 1.165) is 0 Å². The molecule has 0 fully saturated rings. The number of carbonyl (C=O) groups excluding carboxylic acids is 2. The van der Waals surface area contributed by atoms with Crippen molar-refractivity contribution >= 4 is 41.3 Å². The number of amides is 1. The van der Waals surface area contributed by atoms with Crippen molar-refractivity contribution in [3.63, 3.8) is 0 Å². The summed E-state index contributed by atoms with van der Waals surface area (Å²) in [6.07, 6.45) is 1.43. The predicted octanol–water partition coefficient (Wildman–Crippen LogP) is 5.38. The largest absolute Gasteiger partial charge is 0.497 e. The summed E-state index contributed by atoms with van der Waals surface area (Å²) in [4.78, 5) is 24.7. The van der Waals surface area contributed by atoms with Crippen molar-refractivity contribution in [3.05, 3.63) is 87.4 Å². The maximum atomic E-state index is 12.5. The Balaban J connectivity index is 1.70. The molecule has 3 rings (SSSR count). The van der Waals surface area contributed by atoms with Crippen molar-refractivity contribution in [1.82, 2.24) is 5.43 Å². The van der Waals surface area contributed by atoms with Crippen molar-refractivity contribution in [2.45, 2.75) is 6.92 Å². The average molecular weight is 487 g/mol. The highest BCUT2D eigenvalue weighted by molar-refractivity contribution is 6.36. The number of hydrogen-bond acceptors (Lipinski definition) is 6. The highest BCUT2D eigenvalue weighted by Crippen LogP contribution is 2.29. The van der Waals surface area contributed by atoms with Crippen LogP contribution < -0.4 is 19.6 Å². The first-order valence-corrected chi connectivity index (χ1v) is 10.6. The Kier molecular flexibility index (Phi) is 8.29. The van der Waals surface area contributed by atoms with Gasteiger partial charge in [0.2, 0.25) is 0 Å². The second-order valence-corrected chi connectivity index (χ2v) is 7.42. The number of rotatable bonds is 8. The molecule has 0 spiro atoms. The predicted molar refractivity (Wildman–Crippen MR) is 127 cm³/mol. The van der Waals surface area contributed by atoms with Gasteiger partial charge in [0, 0.05) is 5.02 Å². The van der Waals surface area contributed by atoms with Gasteiger partial charge < -0.3 is 14.2 Å². The minimum atomic E-state index is -0.535. The Morgan fingerprint density at radius 1 is 1.00 bits per heavy atom. The maximum Gasteiger partial charge on any atom is 0.343 e. The molecule has 1 amide bonds. The van der Waals surface area contributed by atoms with E-state index >= 15 is 0 Å². The van der Waals surface area contributed by atoms with Gasteiger partial charge in [-0.2, -0.15) is 5.10 Å². The summed E-state index contributed by atoms with van der Waals surface area (Å²) in [5.41, 5.74) is 3.63. The average Bonchev–Trinajstić information content (AvgIpc) is 2.80. The molecule has 3 aromatic carbocycles. The zero-order chi connectivity index (χ0) is 23.8. The molecule has 0 atom stereocenters. The zero-order valence-electron chi connectivity index (χ0n) is 17.8. The van der Waals surface area contributed by atoms with E-state index in [4.69, 9.17) is 37.4 Å². The maximum absolute atomic E-state index is 12.5. The van der Waals surface area contributed by atoms with E-state index in [1.807, 2.05) is 6.92 Å². The lowest BCUT2D eigenvalue weighted by atomic mass is 10.2. The fraction of sp³-hybridized carbons (Fsp3) is 0.125. The summed E-state index contributed by atoms with van der Waals surface area (Å²) in [5, 5.41) is 4.59. The van der Waals surface area contributed by atoms with Crippen LogP contribution in [0.25, 0.3) is 0 Å². The Morgan fingerprint density at radius 2 is 1.76 bits per heavy atom.